The molecular formula is C17H17N3O2S. The molecule has 3 aromatic rings. The molecule has 0 aliphatic rings. The van der Waals surface area contributed by atoms with Crippen molar-refractivity contribution in [3.05, 3.63) is 58.5 Å². The number of hydrogen-bond donors (Lipinski definition) is 0. The lowest BCUT2D eigenvalue weighted by molar-refractivity contribution is -0.129. The number of rotatable bonds is 6. The summed E-state index contributed by atoms with van der Waals surface area (Å²) in [7, 11) is 1.80. The lowest BCUT2D eigenvalue weighted by Gasteiger charge is -2.15. The Morgan fingerprint density at radius 1 is 1.22 bits per heavy atom. The van der Waals surface area contributed by atoms with Gasteiger partial charge in [-0.3, -0.25) is 4.79 Å². The number of carbonyl (C=O) groups is 1. The average molecular weight is 327 g/mol. The fraction of sp³-hybridized carbons (Fsp3) is 0.235. The molecule has 0 atom stereocenters. The van der Waals surface area contributed by atoms with Crippen molar-refractivity contribution >= 4 is 17.2 Å². The smallest absolute Gasteiger partial charge is 0.257 e. The van der Waals surface area contributed by atoms with Gasteiger partial charge in [-0.1, -0.05) is 29.4 Å². The highest BCUT2D eigenvalue weighted by Gasteiger charge is 2.13. The Bertz CT molecular complexity index is 753. The average Bonchev–Trinajstić information content (AvgIpc) is 3.25. The van der Waals surface area contributed by atoms with Crippen LogP contribution in [0.25, 0.3) is 11.5 Å². The maximum atomic E-state index is 12.1. The SMILES string of the molecule is CN(CCc1noc(-c2ccccc2)n1)C(=O)Cc1cccs1. The monoisotopic (exact) mass is 327 g/mol. The van der Waals surface area contributed by atoms with E-state index in [1.807, 2.05) is 47.8 Å². The highest BCUT2D eigenvalue weighted by molar-refractivity contribution is 7.10. The lowest BCUT2D eigenvalue weighted by Crippen LogP contribution is -2.30. The van der Waals surface area contributed by atoms with Gasteiger partial charge in [0.2, 0.25) is 5.91 Å². The van der Waals surface area contributed by atoms with Crippen molar-refractivity contribution in [1.82, 2.24) is 15.0 Å². The molecule has 0 spiro atoms. The van der Waals surface area contributed by atoms with E-state index in [1.54, 1.807) is 23.3 Å². The van der Waals surface area contributed by atoms with Gasteiger partial charge in [0.05, 0.1) is 6.42 Å². The van der Waals surface area contributed by atoms with Crippen LogP contribution in [0.5, 0.6) is 0 Å². The third-order valence-corrected chi connectivity index (χ3v) is 4.37. The zero-order valence-corrected chi connectivity index (χ0v) is 13.6. The minimum Gasteiger partial charge on any atom is -0.345 e. The molecule has 3 rings (SSSR count). The van der Waals surface area contributed by atoms with Gasteiger partial charge in [0, 0.05) is 30.5 Å². The molecule has 0 saturated carbocycles. The molecule has 0 N–H and O–H groups in total. The molecule has 0 radical (unpaired) electrons. The van der Waals surface area contributed by atoms with Crippen molar-refractivity contribution < 1.29 is 9.32 Å². The predicted octanol–water partition coefficient (Wildman–Crippen LogP) is 3.04. The van der Waals surface area contributed by atoms with Gasteiger partial charge >= 0.3 is 0 Å². The summed E-state index contributed by atoms with van der Waals surface area (Å²) >= 11 is 1.60. The number of likely N-dealkylation sites (N-methyl/N-ethyl adjacent to an activating group) is 1. The van der Waals surface area contributed by atoms with Crippen LogP contribution in [0.1, 0.15) is 10.7 Å². The predicted molar refractivity (Wildman–Crippen MR) is 89.1 cm³/mol. The van der Waals surface area contributed by atoms with Crippen LogP contribution in [0.4, 0.5) is 0 Å². The van der Waals surface area contributed by atoms with Gasteiger partial charge in [-0.2, -0.15) is 4.98 Å². The minimum absolute atomic E-state index is 0.0965. The minimum atomic E-state index is 0.0965. The zero-order valence-electron chi connectivity index (χ0n) is 12.8. The molecular weight excluding hydrogens is 310 g/mol. The second kappa shape index (κ2) is 7.19. The summed E-state index contributed by atoms with van der Waals surface area (Å²) in [5, 5.41) is 5.96. The van der Waals surface area contributed by atoms with Crippen molar-refractivity contribution in [2.24, 2.45) is 0 Å². The first-order valence-electron chi connectivity index (χ1n) is 7.37. The topological polar surface area (TPSA) is 59.2 Å². The summed E-state index contributed by atoms with van der Waals surface area (Å²) in [6, 6.07) is 13.6. The number of aromatic nitrogens is 2. The fourth-order valence-electron chi connectivity index (χ4n) is 2.14. The molecule has 0 bridgehead atoms. The maximum Gasteiger partial charge on any atom is 0.257 e. The highest BCUT2D eigenvalue weighted by atomic mass is 32.1. The second-order valence-electron chi connectivity index (χ2n) is 5.20. The van der Waals surface area contributed by atoms with E-state index in [-0.39, 0.29) is 5.91 Å². The Labute approximate surface area is 138 Å². The third-order valence-electron chi connectivity index (χ3n) is 3.49. The van der Waals surface area contributed by atoms with Gasteiger partial charge in [-0.15, -0.1) is 11.3 Å². The first kappa shape index (κ1) is 15.4. The number of amides is 1. The first-order valence-corrected chi connectivity index (χ1v) is 8.24. The Kier molecular flexibility index (Phi) is 4.83. The van der Waals surface area contributed by atoms with Gasteiger partial charge in [0.1, 0.15) is 0 Å². The van der Waals surface area contributed by atoms with Crippen molar-refractivity contribution in [2.45, 2.75) is 12.8 Å². The molecule has 23 heavy (non-hydrogen) atoms. The molecule has 0 unspecified atom stereocenters. The lowest BCUT2D eigenvalue weighted by atomic mass is 10.2. The number of hydrogen-bond acceptors (Lipinski definition) is 5. The van der Waals surface area contributed by atoms with Crippen LogP contribution in [-0.2, 0) is 17.6 Å². The van der Waals surface area contributed by atoms with Gasteiger partial charge in [-0.05, 0) is 23.6 Å². The van der Waals surface area contributed by atoms with Crippen molar-refractivity contribution in [2.75, 3.05) is 13.6 Å². The van der Waals surface area contributed by atoms with Crippen LogP contribution in [0.2, 0.25) is 0 Å². The molecule has 1 aromatic carbocycles. The summed E-state index contributed by atoms with van der Waals surface area (Å²) in [4.78, 5) is 19.3. The quantitative estimate of drug-likeness (QED) is 0.698. The standard InChI is InChI=1S/C17H17N3O2S/c1-20(16(21)12-14-8-5-11-23-14)10-9-15-18-17(22-19-15)13-6-3-2-4-7-13/h2-8,11H,9-10,12H2,1H3. The summed E-state index contributed by atoms with van der Waals surface area (Å²) in [6.07, 6.45) is 1.01. The summed E-state index contributed by atoms with van der Waals surface area (Å²) in [5.74, 6) is 1.21. The molecule has 0 aliphatic carbocycles. The second-order valence-corrected chi connectivity index (χ2v) is 6.24. The van der Waals surface area contributed by atoms with Crippen molar-refractivity contribution in [3.8, 4) is 11.5 Å². The molecule has 2 aromatic heterocycles. The van der Waals surface area contributed by atoms with Crippen molar-refractivity contribution in [3.63, 3.8) is 0 Å². The summed E-state index contributed by atoms with van der Waals surface area (Å²) in [5.41, 5.74) is 0.897. The number of thiophene rings is 1. The Balaban J connectivity index is 1.54. The summed E-state index contributed by atoms with van der Waals surface area (Å²) in [6.45, 7) is 0.567. The van der Waals surface area contributed by atoms with E-state index < -0.39 is 0 Å². The van der Waals surface area contributed by atoms with E-state index in [9.17, 15) is 4.79 Å². The van der Waals surface area contributed by atoms with Crippen LogP contribution in [0, 0.1) is 0 Å². The maximum absolute atomic E-state index is 12.1. The molecule has 6 heteroatoms. The Morgan fingerprint density at radius 3 is 2.78 bits per heavy atom. The number of nitrogens with zero attached hydrogens (tertiary/aromatic N) is 3. The Morgan fingerprint density at radius 2 is 2.04 bits per heavy atom. The largest absolute Gasteiger partial charge is 0.345 e. The molecule has 5 nitrogen and oxygen atoms in total. The van der Waals surface area contributed by atoms with E-state index in [0.717, 1.165) is 10.4 Å². The van der Waals surface area contributed by atoms with Gasteiger partial charge in [0.15, 0.2) is 5.82 Å². The van der Waals surface area contributed by atoms with Crippen LogP contribution in [0.3, 0.4) is 0 Å². The van der Waals surface area contributed by atoms with Crippen LogP contribution in [-0.4, -0.2) is 34.5 Å². The van der Waals surface area contributed by atoms with E-state index in [0.29, 0.717) is 31.1 Å². The van der Waals surface area contributed by atoms with Crippen molar-refractivity contribution in [1.29, 1.82) is 0 Å². The molecule has 2 heterocycles. The summed E-state index contributed by atoms with van der Waals surface area (Å²) < 4.78 is 5.27. The first-order chi connectivity index (χ1) is 11.2. The molecule has 0 fully saturated rings. The Hall–Kier alpha value is -2.47. The third kappa shape index (κ3) is 4.04. The molecule has 118 valence electrons. The van der Waals surface area contributed by atoms with E-state index in [4.69, 9.17) is 4.52 Å². The van der Waals surface area contributed by atoms with Gasteiger partial charge < -0.3 is 9.42 Å². The molecule has 0 saturated heterocycles. The number of benzene rings is 1. The van der Waals surface area contributed by atoms with Crippen LogP contribution < -0.4 is 0 Å². The van der Waals surface area contributed by atoms with Crippen LogP contribution in [0.15, 0.2) is 52.4 Å². The van der Waals surface area contributed by atoms with Gasteiger partial charge in [-0.25, -0.2) is 0 Å². The molecule has 1 amide bonds. The molecule has 0 aliphatic heterocycles. The van der Waals surface area contributed by atoms with E-state index in [2.05, 4.69) is 10.1 Å². The van der Waals surface area contributed by atoms with E-state index in [1.165, 1.54) is 0 Å². The highest BCUT2D eigenvalue weighted by Crippen LogP contribution is 2.16. The zero-order chi connectivity index (χ0) is 16.1. The normalized spacial score (nSPS) is 10.7. The fourth-order valence-corrected chi connectivity index (χ4v) is 2.84. The van der Waals surface area contributed by atoms with Crippen LogP contribution >= 0.6 is 11.3 Å². The van der Waals surface area contributed by atoms with Gasteiger partial charge in [0.25, 0.3) is 5.89 Å². The van der Waals surface area contributed by atoms with E-state index >= 15 is 0 Å². The number of carbonyl (C=O) groups excluding carboxylic acids is 1.